The van der Waals surface area contributed by atoms with E-state index in [1.54, 1.807) is 6.92 Å². The van der Waals surface area contributed by atoms with Crippen LogP contribution in [0.15, 0.2) is 28.2 Å². The first kappa shape index (κ1) is 18.0. The quantitative estimate of drug-likeness (QED) is 0.580. The number of nitrogens with two attached hydrogens (primary N) is 1. The second-order valence-corrected chi connectivity index (χ2v) is 7.85. The van der Waals surface area contributed by atoms with Gasteiger partial charge in [-0.15, -0.1) is 0 Å². The van der Waals surface area contributed by atoms with Gasteiger partial charge in [-0.05, 0) is 12.5 Å². The van der Waals surface area contributed by atoms with Crippen molar-refractivity contribution in [3.8, 4) is 0 Å². The molecule has 3 rings (SSSR count). The Hall–Kier alpha value is -2.82. The average Bonchev–Trinajstić information content (AvgIpc) is 2.87. The van der Waals surface area contributed by atoms with E-state index in [0.717, 1.165) is 10.6 Å². The van der Waals surface area contributed by atoms with Crippen LogP contribution in [0.1, 0.15) is 18.9 Å². The number of fused-ring (bicyclic) bond motifs is 1. The van der Waals surface area contributed by atoms with Crippen LogP contribution in [0, 0.1) is 16.4 Å². The maximum atomic E-state index is 13.9. The van der Waals surface area contributed by atoms with Gasteiger partial charge in [-0.3, -0.25) is 4.57 Å². The molecule has 1 aromatic carbocycles. The van der Waals surface area contributed by atoms with Crippen LogP contribution in [0.3, 0.4) is 0 Å². The molecule has 0 saturated carbocycles. The molecule has 3 aromatic rings. The summed E-state index contributed by atoms with van der Waals surface area (Å²) < 4.78 is 48.4. The summed E-state index contributed by atoms with van der Waals surface area (Å²) >= 11 is 0. The van der Waals surface area contributed by atoms with Crippen molar-refractivity contribution in [2.45, 2.75) is 25.0 Å². The number of halogens is 2. The van der Waals surface area contributed by atoms with Crippen LogP contribution in [0.25, 0.3) is 11.2 Å². The molecular weight excluding hydrogens is 366 g/mol. The fourth-order valence-corrected chi connectivity index (χ4v) is 3.76. The molecule has 0 aliphatic rings. The third-order valence-electron chi connectivity index (χ3n) is 3.76. The molecule has 2 aromatic heterocycles. The maximum Gasteiger partial charge on any atom is 0.328 e. The van der Waals surface area contributed by atoms with Gasteiger partial charge in [0.25, 0.3) is 0 Å². The highest BCUT2D eigenvalue weighted by molar-refractivity contribution is 7.92. The van der Waals surface area contributed by atoms with Gasteiger partial charge in [0.05, 0.1) is 6.54 Å². The number of H-pyrrole nitrogens is 1. The topological polar surface area (TPSA) is 131 Å². The Labute approximate surface area is 147 Å². The molecule has 11 heteroatoms. The molecule has 0 fully saturated rings. The zero-order valence-corrected chi connectivity index (χ0v) is 14.6. The molecule has 2 heterocycles. The normalized spacial score (nSPS) is 13.8. The lowest BCUT2D eigenvalue weighted by molar-refractivity contribution is 0.565. The predicted octanol–water partition coefficient (Wildman–Crippen LogP) is 1.84. The smallest absolute Gasteiger partial charge is 0.328 e. The SMILES string of the molecule is CCCS(=N)(=O)c1nc(N)c2[nH]c(=O)n(Cc3ccc(F)cc3F)c2n1. The summed E-state index contributed by atoms with van der Waals surface area (Å²) in [6.45, 7) is 1.52. The summed E-state index contributed by atoms with van der Waals surface area (Å²) in [7, 11) is -3.27. The fraction of sp³-hybridized carbons (Fsp3) is 0.267. The van der Waals surface area contributed by atoms with E-state index < -0.39 is 27.1 Å². The fourth-order valence-electron chi connectivity index (χ4n) is 2.52. The lowest BCUT2D eigenvalue weighted by atomic mass is 10.2. The third-order valence-corrected chi connectivity index (χ3v) is 5.52. The number of imidazole rings is 1. The molecule has 0 saturated heterocycles. The molecule has 26 heavy (non-hydrogen) atoms. The standard InChI is InChI=1S/C15H16F2N6O2S/c1-2-5-26(19,25)14-21-12(18)11-13(22-14)23(15(24)20-11)7-8-3-4-9(16)6-10(8)17/h3-4,6,19H,2,5,7H2,1H3,(H,20,24)(H2,18,21,22). The van der Waals surface area contributed by atoms with Crippen LogP contribution in [0.5, 0.6) is 0 Å². The molecule has 8 nitrogen and oxygen atoms in total. The molecule has 4 N–H and O–H groups in total. The minimum absolute atomic E-state index is 0.0114. The number of nitrogens with one attached hydrogen (secondary N) is 2. The number of nitrogen functional groups attached to an aromatic ring is 1. The molecule has 0 aliphatic heterocycles. The average molecular weight is 382 g/mol. The van der Waals surface area contributed by atoms with Crippen molar-refractivity contribution in [2.75, 3.05) is 11.5 Å². The monoisotopic (exact) mass is 382 g/mol. The lowest BCUT2D eigenvalue weighted by Crippen LogP contribution is -2.19. The van der Waals surface area contributed by atoms with Crippen molar-refractivity contribution in [3.63, 3.8) is 0 Å². The number of aromatic nitrogens is 4. The van der Waals surface area contributed by atoms with E-state index in [1.165, 1.54) is 6.07 Å². The van der Waals surface area contributed by atoms with E-state index in [4.69, 9.17) is 10.5 Å². The van der Waals surface area contributed by atoms with Crippen LogP contribution in [0.2, 0.25) is 0 Å². The Morgan fingerprint density at radius 3 is 2.73 bits per heavy atom. The highest BCUT2D eigenvalue weighted by Gasteiger charge is 2.20. The van der Waals surface area contributed by atoms with E-state index in [0.29, 0.717) is 12.5 Å². The first-order valence-electron chi connectivity index (χ1n) is 7.69. The Balaban J connectivity index is 2.18. The predicted molar refractivity (Wildman–Crippen MR) is 92.3 cm³/mol. The van der Waals surface area contributed by atoms with Crippen LogP contribution >= 0.6 is 0 Å². The number of aromatic amines is 1. The van der Waals surface area contributed by atoms with Gasteiger partial charge in [-0.2, -0.15) is 4.98 Å². The number of nitrogens with zero attached hydrogens (tertiary/aromatic N) is 3. The molecule has 0 amide bonds. The summed E-state index contributed by atoms with van der Waals surface area (Å²) in [6, 6.07) is 3.00. The van der Waals surface area contributed by atoms with Gasteiger partial charge < -0.3 is 10.7 Å². The van der Waals surface area contributed by atoms with Gasteiger partial charge in [0.1, 0.15) is 26.9 Å². The molecule has 0 bridgehead atoms. The van der Waals surface area contributed by atoms with Crippen LogP contribution < -0.4 is 11.4 Å². The van der Waals surface area contributed by atoms with Gasteiger partial charge in [-0.1, -0.05) is 13.0 Å². The van der Waals surface area contributed by atoms with E-state index in [1.807, 2.05) is 0 Å². The Bertz CT molecular complexity index is 1150. The number of rotatable bonds is 5. The number of hydrogen-bond acceptors (Lipinski definition) is 6. The zero-order chi connectivity index (χ0) is 19.1. The molecular formula is C15H16F2N6O2S. The van der Waals surface area contributed by atoms with Crippen LogP contribution in [-0.2, 0) is 16.3 Å². The summed E-state index contributed by atoms with van der Waals surface area (Å²) in [5, 5.41) is -0.281. The second kappa shape index (κ2) is 6.48. The van der Waals surface area contributed by atoms with Crippen molar-refractivity contribution in [1.82, 2.24) is 19.5 Å². The molecule has 0 spiro atoms. The van der Waals surface area contributed by atoms with Crippen LogP contribution in [0.4, 0.5) is 14.6 Å². The van der Waals surface area contributed by atoms with Gasteiger partial charge in [0.15, 0.2) is 11.5 Å². The number of anilines is 1. The van der Waals surface area contributed by atoms with E-state index in [2.05, 4.69) is 15.0 Å². The highest BCUT2D eigenvalue weighted by atomic mass is 32.2. The van der Waals surface area contributed by atoms with Crippen molar-refractivity contribution in [2.24, 2.45) is 0 Å². The summed E-state index contributed by atoms with van der Waals surface area (Å²) in [5.41, 5.74) is 5.36. The number of benzene rings is 1. The second-order valence-electron chi connectivity index (χ2n) is 5.72. The van der Waals surface area contributed by atoms with Crippen molar-refractivity contribution in [3.05, 3.63) is 45.9 Å². The highest BCUT2D eigenvalue weighted by Crippen LogP contribution is 2.19. The first-order chi connectivity index (χ1) is 12.2. The maximum absolute atomic E-state index is 13.9. The van der Waals surface area contributed by atoms with Crippen LogP contribution in [-0.4, -0.2) is 29.5 Å². The van der Waals surface area contributed by atoms with E-state index >= 15 is 0 Å². The van der Waals surface area contributed by atoms with Gasteiger partial charge in [0.2, 0.25) is 5.16 Å². The molecule has 0 aliphatic carbocycles. The lowest BCUT2D eigenvalue weighted by Gasteiger charge is -2.08. The molecule has 0 radical (unpaired) electrons. The Morgan fingerprint density at radius 2 is 2.08 bits per heavy atom. The Kier molecular flexibility index (Phi) is 4.48. The molecule has 138 valence electrons. The number of hydrogen-bond donors (Lipinski definition) is 3. The van der Waals surface area contributed by atoms with Gasteiger partial charge in [0, 0.05) is 17.4 Å². The third kappa shape index (κ3) is 3.17. The van der Waals surface area contributed by atoms with Gasteiger partial charge in [-0.25, -0.2) is 27.5 Å². The molecule has 1 unspecified atom stereocenters. The van der Waals surface area contributed by atoms with Crippen molar-refractivity contribution >= 4 is 26.7 Å². The Morgan fingerprint density at radius 1 is 1.35 bits per heavy atom. The summed E-state index contributed by atoms with van der Waals surface area (Å²) in [5.74, 6) is -1.64. The van der Waals surface area contributed by atoms with Crippen molar-refractivity contribution in [1.29, 1.82) is 4.78 Å². The summed E-state index contributed by atoms with van der Waals surface area (Å²) in [6.07, 6.45) is 0.477. The van der Waals surface area contributed by atoms with Gasteiger partial charge >= 0.3 is 5.69 Å². The molecule has 1 atom stereocenters. The first-order valence-corrected chi connectivity index (χ1v) is 9.42. The zero-order valence-electron chi connectivity index (χ0n) is 13.8. The minimum atomic E-state index is -3.27. The van der Waals surface area contributed by atoms with E-state index in [-0.39, 0.29) is 40.0 Å². The minimum Gasteiger partial charge on any atom is -0.382 e. The van der Waals surface area contributed by atoms with Crippen molar-refractivity contribution < 1.29 is 13.0 Å². The van der Waals surface area contributed by atoms with E-state index in [9.17, 15) is 17.8 Å². The largest absolute Gasteiger partial charge is 0.382 e. The summed E-state index contributed by atoms with van der Waals surface area (Å²) in [4.78, 5) is 22.6.